The molecule has 69 heavy (non-hydrogen) atoms. The van der Waals surface area contributed by atoms with Crippen LogP contribution in [0.1, 0.15) is 91.0 Å². The van der Waals surface area contributed by atoms with E-state index in [9.17, 15) is 4.79 Å². The summed E-state index contributed by atoms with van der Waals surface area (Å²) in [5.74, 6) is 2.42. The number of aliphatic hydroxyl groups excluding tert-OH is 1. The standard InChI is InChI=1S/C54H72N4O11/c1-9-35-33-56-19-16-36-28-46(62-5)48(64-7)30-41(36)44(56)26-38(35)27-45-42-31-49(65-8)47(63-6)29-37(42)17-20-57(45)52(60)50-32-43(40(54(69-50)68-10-2)18-22-66-24-25-67-23-21-59)51-34(3)55(4)58(53(51)61)39-14-12-11-13-15-39/h11-15,28-32,35,38,40,43-45,54,59H,9-10,16-27,33H2,1-8H3/t35-,38+,40+,43-,44-,45+,54+/m0/s1. The number of ether oxygens (including phenoxy) is 8. The van der Waals surface area contributed by atoms with Crippen molar-refractivity contribution in [3.8, 4) is 28.7 Å². The molecule has 0 radical (unpaired) electrons. The van der Waals surface area contributed by atoms with Gasteiger partial charge in [0.05, 0.1) is 66.6 Å². The summed E-state index contributed by atoms with van der Waals surface area (Å²) in [6.07, 6.45) is 5.73. The first kappa shape index (κ1) is 50.1. The number of hydrogen-bond acceptors (Lipinski definition) is 12. The predicted molar refractivity (Wildman–Crippen MR) is 262 cm³/mol. The highest BCUT2D eigenvalue weighted by Gasteiger charge is 2.46. The Labute approximate surface area is 406 Å². The topological polar surface area (TPSA) is 145 Å². The minimum Gasteiger partial charge on any atom is -0.493 e. The molecular formula is C54H72N4O11. The Morgan fingerprint density at radius 3 is 2.10 bits per heavy atom. The zero-order chi connectivity index (χ0) is 48.8. The van der Waals surface area contributed by atoms with Gasteiger partial charge < -0.3 is 47.9 Å². The molecule has 4 aliphatic heterocycles. The average molecular weight is 953 g/mol. The molecule has 1 saturated heterocycles. The Hall–Kier alpha value is -5.32. The van der Waals surface area contributed by atoms with Crippen LogP contribution in [0.3, 0.4) is 0 Å². The van der Waals surface area contributed by atoms with E-state index in [0.29, 0.717) is 68.8 Å². The van der Waals surface area contributed by atoms with Crippen molar-refractivity contribution in [1.29, 1.82) is 0 Å². The summed E-state index contributed by atoms with van der Waals surface area (Å²) in [4.78, 5) is 35.2. The van der Waals surface area contributed by atoms with Gasteiger partial charge in [0.15, 0.2) is 28.8 Å². The van der Waals surface area contributed by atoms with Crippen LogP contribution in [0.2, 0.25) is 0 Å². The maximum Gasteiger partial charge on any atom is 0.289 e. The van der Waals surface area contributed by atoms with Gasteiger partial charge >= 0.3 is 0 Å². The minimum atomic E-state index is -0.849. The fraction of sp³-hybridized carbons (Fsp3) is 0.556. The molecule has 15 heteroatoms. The van der Waals surface area contributed by atoms with E-state index < -0.39 is 12.2 Å². The number of carbonyl (C=O) groups is 1. The molecule has 0 saturated carbocycles. The lowest BCUT2D eigenvalue weighted by Crippen LogP contribution is -2.48. The lowest BCUT2D eigenvalue weighted by atomic mass is 9.72. The van der Waals surface area contributed by atoms with E-state index in [2.05, 4.69) is 36.1 Å². The van der Waals surface area contributed by atoms with Crippen LogP contribution < -0.4 is 24.5 Å². The van der Waals surface area contributed by atoms with Gasteiger partial charge in [-0.1, -0.05) is 31.5 Å². The summed E-state index contributed by atoms with van der Waals surface area (Å²) >= 11 is 0. The number of para-hydroxylation sites is 1. The Bertz CT molecular complexity index is 2490. The van der Waals surface area contributed by atoms with Crippen LogP contribution in [0.4, 0.5) is 0 Å². The van der Waals surface area contributed by atoms with Crippen molar-refractivity contribution in [2.75, 3.05) is 87.7 Å². The zero-order valence-electron chi connectivity index (χ0n) is 41.7. The van der Waals surface area contributed by atoms with Crippen molar-refractivity contribution in [3.05, 3.63) is 110 Å². The third-order valence-corrected chi connectivity index (χ3v) is 15.2. The quantitative estimate of drug-likeness (QED) is 0.0906. The predicted octanol–water partition coefficient (Wildman–Crippen LogP) is 7.07. The average Bonchev–Trinajstić information content (AvgIpc) is 3.60. The van der Waals surface area contributed by atoms with Gasteiger partial charge in [-0.15, -0.1) is 0 Å². The van der Waals surface area contributed by atoms with Crippen LogP contribution in [0.25, 0.3) is 5.69 Å². The first-order chi connectivity index (χ1) is 33.6. The molecule has 0 aliphatic carbocycles. The molecule has 3 aromatic carbocycles. The Balaban J connectivity index is 1.19. The van der Waals surface area contributed by atoms with E-state index in [-0.39, 0.29) is 54.4 Å². The molecule has 15 nitrogen and oxygen atoms in total. The SMILES string of the molecule is CCO[C@@H]1OC(C(=O)N2CCc3cc(OC)c(OC)cc3[C@H]2C[C@H]2C[C@H]3c4cc(OC)c(OC)cc4CCN3C[C@@H]2CC)=C[C@H](c2c(C)n(C)n(-c3ccccc3)c2=O)[C@H]1CCOCCOCCO. The van der Waals surface area contributed by atoms with E-state index >= 15 is 4.79 Å². The first-order valence-electron chi connectivity index (χ1n) is 24.7. The number of aliphatic hydroxyl groups is 1. The molecule has 4 aliphatic rings. The van der Waals surface area contributed by atoms with E-state index in [0.717, 1.165) is 72.8 Å². The number of allylic oxidation sites excluding steroid dienone is 1. The largest absolute Gasteiger partial charge is 0.493 e. The fourth-order valence-corrected chi connectivity index (χ4v) is 11.6. The molecule has 1 fully saturated rings. The summed E-state index contributed by atoms with van der Waals surface area (Å²) in [7, 11) is 8.57. The minimum absolute atomic E-state index is 0.0600. The second kappa shape index (κ2) is 22.6. The second-order valence-electron chi connectivity index (χ2n) is 18.6. The first-order valence-corrected chi connectivity index (χ1v) is 24.7. The van der Waals surface area contributed by atoms with Gasteiger partial charge in [-0.05, 0) is 123 Å². The number of nitrogens with zero attached hydrogens (tertiary/aromatic N) is 4. The molecule has 1 amide bonds. The number of benzene rings is 3. The molecule has 374 valence electrons. The Kier molecular flexibility index (Phi) is 16.4. The molecule has 0 unspecified atom stereocenters. The van der Waals surface area contributed by atoms with Crippen LogP contribution in [0.5, 0.6) is 23.0 Å². The van der Waals surface area contributed by atoms with Crippen molar-refractivity contribution < 1.29 is 47.8 Å². The van der Waals surface area contributed by atoms with Crippen LogP contribution in [-0.2, 0) is 43.6 Å². The number of aromatic nitrogens is 2. The van der Waals surface area contributed by atoms with Gasteiger partial charge in [-0.2, -0.15) is 0 Å². The van der Waals surface area contributed by atoms with Gasteiger partial charge in [-0.25, -0.2) is 4.68 Å². The molecule has 0 spiro atoms. The van der Waals surface area contributed by atoms with Crippen molar-refractivity contribution in [1.82, 2.24) is 19.2 Å². The van der Waals surface area contributed by atoms with E-state index in [1.54, 1.807) is 33.1 Å². The lowest BCUT2D eigenvalue weighted by molar-refractivity contribution is -0.173. The second-order valence-corrected chi connectivity index (χ2v) is 18.6. The molecule has 4 aromatic rings. The summed E-state index contributed by atoms with van der Waals surface area (Å²) in [5, 5.41) is 9.16. The molecule has 0 bridgehead atoms. The number of amides is 1. The van der Waals surface area contributed by atoms with Gasteiger partial charge in [0.25, 0.3) is 11.5 Å². The maximum absolute atomic E-state index is 15.7. The van der Waals surface area contributed by atoms with Gasteiger partial charge in [0.1, 0.15) is 0 Å². The third-order valence-electron chi connectivity index (χ3n) is 15.2. The Morgan fingerprint density at radius 1 is 0.812 bits per heavy atom. The number of carbonyl (C=O) groups excluding carboxylic acids is 1. The van der Waals surface area contributed by atoms with Gasteiger partial charge in [-0.3, -0.25) is 19.2 Å². The van der Waals surface area contributed by atoms with Crippen LogP contribution in [0.15, 0.2) is 71.2 Å². The lowest BCUT2D eigenvalue weighted by Gasteiger charge is -2.49. The summed E-state index contributed by atoms with van der Waals surface area (Å²) in [5.41, 5.74) is 6.67. The number of piperidine rings is 1. The van der Waals surface area contributed by atoms with Crippen molar-refractivity contribution >= 4 is 5.91 Å². The van der Waals surface area contributed by atoms with Crippen molar-refractivity contribution in [2.24, 2.45) is 24.8 Å². The normalized spacial score (nSPS) is 23.3. The number of rotatable bonds is 20. The number of fused-ring (bicyclic) bond motifs is 4. The van der Waals surface area contributed by atoms with Gasteiger partial charge in [0.2, 0.25) is 6.29 Å². The van der Waals surface area contributed by atoms with Crippen molar-refractivity contribution in [3.63, 3.8) is 0 Å². The van der Waals surface area contributed by atoms with Crippen LogP contribution >= 0.6 is 0 Å². The molecule has 8 rings (SSSR count). The highest BCUT2D eigenvalue weighted by Crippen LogP contribution is 2.50. The Morgan fingerprint density at radius 2 is 1.45 bits per heavy atom. The highest BCUT2D eigenvalue weighted by molar-refractivity contribution is 5.92. The summed E-state index contributed by atoms with van der Waals surface area (Å²) < 4.78 is 51.5. The number of methoxy groups -OCH3 is 4. The van der Waals surface area contributed by atoms with E-state index in [4.69, 9.17) is 43.0 Å². The molecular weight excluding hydrogens is 881 g/mol. The van der Waals surface area contributed by atoms with E-state index in [1.165, 1.54) is 11.1 Å². The fourth-order valence-electron chi connectivity index (χ4n) is 11.6. The smallest absolute Gasteiger partial charge is 0.289 e. The monoisotopic (exact) mass is 953 g/mol. The van der Waals surface area contributed by atoms with Gasteiger partial charge in [0, 0.05) is 69.0 Å². The highest BCUT2D eigenvalue weighted by atomic mass is 16.7. The molecule has 5 heterocycles. The van der Waals surface area contributed by atoms with Crippen LogP contribution in [-0.4, -0.2) is 124 Å². The number of hydrogen-bond donors (Lipinski definition) is 1. The van der Waals surface area contributed by atoms with Crippen LogP contribution in [0, 0.1) is 24.7 Å². The zero-order valence-corrected chi connectivity index (χ0v) is 41.7. The third kappa shape index (κ3) is 10.2. The molecule has 7 atom stereocenters. The van der Waals surface area contributed by atoms with E-state index in [1.807, 2.05) is 66.9 Å². The summed E-state index contributed by atoms with van der Waals surface area (Å²) in [6, 6.07) is 17.9. The molecule has 1 N–H and O–H groups in total. The maximum atomic E-state index is 15.7. The summed E-state index contributed by atoms with van der Waals surface area (Å²) in [6.45, 7) is 10.1. The van der Waals surface area contributed by atoms with Crippen molar-refractivity contribution in [2.45, 2.75) is 83.6 Å². The molecule has 1 aromatic heterocycles.